The van der Waals surface area contributed by atoms with Crippen LogP contribution in [-0.2, 0) is 0 Å². The molecule has 0 radical (unpaired) electrons. The molecule has 1 aromatic rings. The predicted octanol–water partition coefficient (Wildman–Crippen LogP) is 2.99. The van der Waals surface area contributed by atoms with Crippen LogP contribution < -0.4 is 5.32 Å². The van der Waals surface area contributed by atoms with Crippen molar-refractivity contribution in [2.75, 3.05) is 0 Å². The zero-order valence-corrected chi connectivity index (χ0v) is 12.1. The fourth-order valence-corrected chi connectivity index (χ4v) is 1.41. The third-order valence-electron chi connectivity index (χ3n) is 2.83. The molecule has 0 saturated heterocycles. The molecule has 3 nitrogen and oxygen atoms in total. The second kappa shape index (κ2) is 5.08. The van der Waals surface area contributed by atoms with Gasteiger partial charge in [-0.2, -0.15) is 0 Å². The Balaban J connectivity index is 2.91. The van der Waals surface area contributed by atoms with E-state index >= 15 is 0 Å². The van der Waals surface area contributed by atoms with E-state index < -0.39 is 0 Å². The van der Waals surface area contributed by atoms with Gasteiger partial charge in [0.15, 0.2) is 0 Å². The number of aromatic hydroxyl groups is 1. The van der Waals surface area contributed by atoms with Gasteiger partial charge in [0, 0.05) is 10.4 Å². The maximum Gasteiger partial charge on any atom is 0.255 e. The summed E-state index contributed by atoms with van der Waals surface area (Å²) in [7, 11) is 0. The Morgan fingerprint density at radius 1 is 1.47 bits per heavy atom. The van der Waals surface area contributed by atoms with Gasteiger partial charge in [-0.15, -0.1) is 0 Å². The number of phenols is 1. The number of carbonyl (C=O) groups excluding carboxylic acids is 1. The van der Waals surface area contributed by atoms with Crippen molar-refractivity contribution in [3.8, 4) is 5.75 Å². The Morgan fingerprint density at radius 2 is 2.06 bits per heavy atom. The molecule has 1 aromatic carbocycles. The van der Waals surface area contributed by atoms with Crippen molar-refractivity contribution in [1.82, 2.24) is 5.32 Å². The number of benzene rings is 1. The number of alkyl halides is 1. The molecule has 0 bridgehead atoms. The van der Waals surface area contributed by atoms with E-state index in [1.807, 2.05) is 27.7 Å². The number of hydrogen-bond acceptors (Lipinski definition) is 2. The summed E-state index contributed by atoms with van der Waals surface area (Å²) in [4.78, 5) is 12.1. The quantitative estimate of drug-likeness (QED) is 0.843. The minimum atomic E-state index is -0.381. The minimum absolute atomic E-state index is 0.0144. The predicted molar refractivity (Wildman–Crippen MR) is 72.8 cm³/mol. The summed E-state index contributed by atoms with van der Waals surface area (Å²) in [5.41, 5.74) is 0.845. The van der Waals surface area contributed by atoms with Gasteiger partial charge < -0.3 is 10.4 Å². The lowest BCUT2D eigenvalue weighted by Crippen LogP contribution is -2.48. The van der Waals surface area contributed by atoms with Gasteiger partial charge in [-0.25, -0.2) is 0 Å². The van der Waals surface area contributed by atoms with Crippen LogP contribution in [0.3, 0.4) is 0 Å². The number of halogens is 1. The molecule has 1 amide bonds. The summed E-state index contributed by atoms with van der Waals surface area (Å²) in [5.74, 6) is -0.251. The molecule has 1 unspecified atom stereocenters. The molecule has 17 heavy (non-hydrogen) atoms. The fraction of sp³-hybridized carbons (Fsp3) is 0.462. The van der Waals surface area contributed by atoms with Crippen molar-refractivity contribution in [1.29, 1.82) is 0 Å². The zero-order valence-electron chi connectivity index (χ0n) is 10.5. The van der Waals surface area contributed by atoms with E-state index in [2.05, 4.69) is 21.2 Å². The van der Waals surface area contributed by atoms with Crippen LogP contribution in [0.2, 0.25) is 0 Å². The van der Waals surface area contributed by atoms with Crippen molar-refractivity contribution in [2.24, 2.45) is 0 Å². The summed E-state index contributed by atoms with van der Waals surface area (Å²) >= 11 is 3.45. The Bertz CT molecular complexity index is 427. The number of nitrogens with one attached hydrogen (secondary N) is 1. The molecule has 0 aliphatic heterocycles. The molecule has 2 N–H and O–H groups in total. The molecule has 1 atom stereocenters. The first-order chi connectivity index (χ1) is 7.74. The number of hydrogen-bond donors (Lipinski definition) is 2. The average Bonchev–Trinajstić information content (AvgIpc) is 2.15. The standard InChI is InChI=1S/C13H18BrNO2/c1-8-5-6-10(11(16)7-8)12(17)15-13(3,4)9(2)14/h5-7,9,16H,1-4H3,(H,15,17). The normalized spacial score (nSPS) is 13.2. The van der Waals surface area contributed by atoms with Crippen LogP contribution in [0.1, 0.15) is 36.7 Å². The Morgan fingerprint density at radius 3 is 2.53 bits per heavy atom. The first-order valence-corrected chi connectivity index (χ1v) is 6.42. The van der Waals surface area contributed by atoms with Crippen LogP contribution in [0.5, 0.6) is 5.75 Å². The number of phenolic OH excluding ortho intramolecular Hbond substituents is 1. The molecule has 4 heteroatoms. The smallest absolute Gasteiger partial charge is 0.255 e. The zero-order chi connectivity index (χ0) is 13.2. The maximum absolute atomic E-state index is 12.0. The topological polar surface area (TPSA) is 49.3 Å². The highest BCUT2D eigenvalue weighted by Gasteiger charge is 2.26. The van der Waals surface area contributed by atoms with Crippen LogP contribution in [0, 0.1) is 6.92 Å². The van der Waals surface area contributed by atoms with Gasteiger partial charge in [0.25, 0.3) is 5.91 Å². The van der Waals surface area contributed by atoms with Crippen molar-refractivity contribution < 1.29 is 9.90 Å². The highest BCUT2D eigenvalue weighted by atomic mass is 79.9. The summed E-state index contributed by atoms with van der Waals surface area (Å²) < 4.78 is 0. The minimum Gasteiger partial charge on any atom is -0.507 e. The van der Waals surface area contributed by atoms with E-state index in [1.165, 1.54) is 0 Å². The number of aryl methyl sites for hydroxylation is 1. The van der Waals surface area contributed by atoms with Crippen LogP contribution in [-0.4, -0.2) is 21.4 Å². The average molecular weight is 300 g/mol. The van der Waals surface area contributed by atoms with Crippen LogP contribution >= 0.6 is 15.9 Å². The number of amides is 1. The van der Waals surface area contributed by atoms with Crippen molar-refractivity contribution >= 4 is 21.8 Å². The molecule has 0 aliphatic carbocycles. The Kier molecular flexibility index (Phi) is 4.20. The van der Waals surface area contributed by atoms with Crippen LogP contribution in [0.15, 0.2) is 18.2 Å². The first kappa shape index (κ1) is 14.0. The monoisotopic (exact) mass is 299 g/mol. The van der Waals surface area contributed by atoms with Gasteiger partial charge in [-0.1, -0.05) is 28.9 Å². The summed E-state index contributed by atoms with van der Waals surface area (Å²) in [6, 6.07) is 5.02. The van der Waals surface area contributed by atoms with Crippen LogP contribution in [0.25, 0.3) is 0 Å². The molecule has 94 valence electrons. The summed E-state index contributed by atoms with van der Waals surface area (Å²) in [6.07, 6.45) is 0. The first-order valence-electron chi connectivity index (χ1n) is 5.50. The highest BCUT2D eigenvalue weighted by molar-refractivity contribution is 9.09. The van der Waals surface area contributed by atoms with Crippen molar-refractivity contribution in [2.45, 2.75) is 38.1 Å². The number of rotatable bonds is 3. The van der Waals surface area contributed by atoms with Gasteiger partial charge in [0.1, 0.15) is 5.75 Å². The summed E-state index contributed by atoms with van der Waals surface area (Å²) in [5, 5.41) is 12.6. The van der Waals surface area contributed by atoms with Gasteiger partial charge in [-0.3, -0.25) is 4.79 Å². The lowest BCUT2D eigenvalue weighted by molar-refractivity contribution is 0.0911. The molecular weight excluding hydrogens is 282 g/mol. The second-order valence-electron chi connectivity index (χ2n) is 4.81. The van der Waals surface area contributed by atoms with Gasteiger partial charge in [-0.05, 0) is 38.5 Å². The van der Waals surface area contributed by atoms with Crippen molar-refractivity contribution in [3.05, 3.63) is 29.3 Å². The van der Waals surface area contributed by atoms with E-state index in [1.54, 1.807) is 18.2 Å². The molecule has 0 fully saturated rings. The van der Waals surface area contributed by atoms with Gasteiger partial charge >= 0.3 is 0 Å². The third kappa shape index (κ3) is 3.46. The van der Waals surface area contributed by atoms with Crippen LogP contribution in [0.4, 0.5) is 0 Å². The third-order valence-corrected chi connectivity index (χ3v) is 3.97. The lowest BCUT2D eigenvalue weighted by atomic mass is 10.0. The molecule has 0 heterocycles. The van der Waals surface area contributed by atoms with Gasteiger partial charge in [0.2, 0.25) is 0 Å². The molecule has 0 aromatic heterocycles. The highest BCUT2D eigenvalue weighted by Crippen LogP contribution is 2.21. The largest absolute Gasteiger partial charge is 0.507 e. The lowest BCUT2D eigenvalue weighted by Gasteiger charge is -2.29. The van der Waals surface area contributed by atoms with E-state index in [-0.39, 0.29) is 22.0 Å². The van der Waals surface area contributed by atoms with Gasteiger partial charge in [0.05, 0.1) is 5.56 Å². The summed E-state index contributed by atoms with van der Waals surface area (Å²) in [6.45, 7) is 7.69. The molecule has 0 aliphatic rings. The van der Waals surface area contributed by atoms with Crippen molar-refractivity contribution in [3.63, 3.8) is 0 Å². The molecule has 0 spiro atoms. The molecular formula is C13H18BrNO2. The number of carbonyl (C=O) groups is 1. The van der Waals surface area contributed by atoms with E-state index in [4.69, 9.17) is 0 Å². The Labute approximate surface area is 110 Å². The molecule has 1 rings (SSSR count). The van der Waals surface area contributed by atoms with E-state index in [9.17, 15) is 9.90 Å². The SMILES string of the molecule is Cc1ccc(C(=O)NC(C)(C)C(C)Br)c(O)c1. The van der Waals surface area contributed by atoms with E-state index in [0.717, 1.165) is 5.56 Å². The fourth-order valence-electron chi connectivity index (χ4n) is 1.29. The maximum atomic E-state index is 12.0. The Hall–Kier alpha value is -1.03. The molecule has 0 saturated carbocycles. The van der Waals surface area contributed by atoms with E-state index in [0.29, 0.717) is 5.56 Å². The second-order valence-corrected chi connectivity index (χ2v) is 6.19.